The third-order valence-electron chi connectivity index (χ3n) is 3.23. The molecule has 0 radical (unpaired) electrons. The van der Waals surface area contributed by atoms with Crippen molar-refractivity contribution in [2.75, 3.05) is 27.4 Å². The zero-order valence-corrected chi connectivity index (χ0v) is 12.8. The van der Waals surface area contributed by atoms with Crippen LogP contribution in [0, 0.1) is 0 Å². The van der Waals surface area contributed by atoms with E-state index in [1.165, 1.54) is 14.2 Å². The molecule has 1 saturated heterocycles. The Morgan fingerprint density at radius 2 is 1.78 bits per heavy atom. The number of aldehydes is 2. The van der Waals surface area contributed by atoms with Crippen molar-refractivity contribution in [1.82, 2.24) is 0 Å². The monoisotopic (exact) mass is 338 g/mol. The van der Waals surface area contributed by atoms with E-state index < -0.39 is 43.1 Å². The Hall–Kier alpha value is -0.980. The van der Waals surface area contributed by atoms with Crippen molar-refractivity contribution < 1.29 is 48.6 Å². The van der Waals surface area contributed by atoms with Gasteiger partial charge in [0.25, 0.3) is 0 Å². The lowest BCUT2D eigenvalue weighted by atomic mass is 9.99. The summed E-state index contributed by atoms with van der Waals surface area (Å²) in [6.45, 7) is -0.392. The fourth-order valence-corrected chi connectivity index (χ4v) is 1.97. The Balaban J connectivity index is 2.59. The molecule has 0 amide bonds. The molecule has 1 fully saturated rings. The summed E-state index contributed by atoms with van der Waals surface area (Å²) in [6.07, 6.45) is -8.25. The molecule has 7 atom stereocenters. The minimum Gasteiger partial charge on any atom is -0.387 e. The molecular weight excluding hydrogens is 316 g/mol. The van der Waals surface area contributed by atoms with Gasteiger partial charge in [-0.1, -0.05) is 0 Å². The predicted molar refractivity (Wildman–Crippen MR) is 72.3 cm³/mol. The molecule has 0 bridgehead atoms. The van der Waals surface area contributed by atoms with Crippen molar-refractivity contribution in [2.24, 2.45) is 0 Å². The molecule has 134 valence electrons. The molecule has 1 rings (SSSR count). The van der Waals surface area contributed by atoms with Gasteiger partial charge >= 0.3 is 0 Å². The highest BCUT2D eigenvalue weighted by atomic mass is 16.7. The lowest BCUT2D eigenvalue weighted by Gasteiger charge is -2.40. The number of carbonyl (C=O) groups is 2. The summed E-state index contributed by atoms with van der Waals surface area (Å²) in [7, 11) is 2.60. The summed E-state index contributed by atoms with van der Waals surface area (Å²) in [6, 6.07) is 0. The molecule has 1 aliphatic heterocycles. The summed E-state index contributed by atoms with van der Waals surface area (Å²) in [5.41, 5.74) is 0. The number of methoxy groups -OCH3 is 2. The standard InChI is InChI=1S/C13H22O10/c1-19-6-8-10(16)11(17)12(18)13(23-8)21-5-7(3-14)22-9(4-15)20-2/h3-4,7-13,16-18H,5-6H2,1-2H3. The molecule has 3 N–H and O–H groups in total. The van der Waals surface area contributed by atoms with Crippen molar-refractivity contribution >= 4 is 12.6 Å². The Morgan fingerprint density at radius 3 is 2.30 bits per heavy atom. The first-order chi connectivity index (χ1) is 11.0. The zero-order valence-electron chi connectivity index (χ0n) is 12.8. The molecule has 0 spiro atoms. The van der Waals surface area contributed by atoms with Crippen LogP contribution in [0.3, 0.4) is 0 Å². The van der Waals surface area contributed by atoms with Gasteiger partial charge in [-0.05, 0) is 0 Å². The van der Waals surface area contributed by atoms with Gasteiger partial charge in [0.15, 0.2) is 18.9 Å². The van der Waals surface area contributed by atoms with E-state index in [0.717, 1.165) is 0 Å². The van der Waals surface area contributed by atoms with Crippen LogP contribution in [0.25, 0.3) is 0 Å². The average molecular weight is 338 g/mol. The molecule has 0 aromatic heterocycles. The highest BCUT2D eigenvalue weighted by molar-refractivity contribution is 5.58. The van der Waals surface area contributed by atoms with Gasteiger partial charge in [0.05, 0.1) is 13.2 Å². The van der Waals surface area contributed by atoms with Crippen LogP contribution >= 0.6 is 0 Å². The van der Waals surface area contributed by atoms with Crippen LogP contribution in [-0.2, 0) is 33.3 Å². The van der Waals surface area contributed by atoms with Crippen LogP contribution in [0.4, 0.5) is 0 Å². The number of aliphatic hydroxyl groups excluding tert-OH is 3. The van der Waals surface area contributed by atoms with Gasteiger partial charge in [-0.3, -0.25) is 4.79 Å². The molecule has 7 unspecified atom stereocenters. The number of rotatable bonds is 10. The van der Waals surface area contributed by atoms with Gasteiger partial charge in [-0.15, -0.1) is 0 Å². The molecule has 0 aliphatic carbocycles. The van der Waals surface area contributed by atoms with Crippen molar-refractivity contribution in [3.05, 3.63) is 0 Å². The Kier molecular flexibility index (Phi) is 8.73. The minimum atomic E-state index is -1.53. The maximum atomic E-state index is 10.9. The van der Waals surface area contributed by atoms with Gasteiger partial charge in [-0.25, -0.2) is 0 Å². The molecule has 10 heteroatoms. The quantitative estimate of drug-likeness (QED) is 0.283. The van der Waals surface area contributed by atoms with E-state index in [0.29, 0.717) is 12.6 Å². The Morgan fingerprint density at radius 1 is 1.09 bits per heavy atom. The normalized spacial score (nSPS) is 33.9. The van der Waals surface area contributed by atoms with Crippen molar-refractivity contribution in [3.8, 4) is 0 Å². The molecular formula is C13H22O10. The second-order valence-corrected chi connectivity index (χ2v) is 4.85. The summed E-state index contributed by atoms with van der Waals surface area (Å²) in [5.74, 6) is 0. The first-order valence-corrected chi connectivity index (χ1v) is 6.87. The molecule has 0 saturated carbocycles. The third-order valence-corrected chi connectivity index (χ3v) is 3.23. The van der Waals surface area contributed by atoms with Gasteiger partial charge in [0.2, 0.25) is 6.29 Å². The fraction of sp³-hybridized carbons (Fsp3) is 0.846. The Bertz CT molecular complexity index is 365. The average Bonchev–Trinajstić information content (AvgIpc) is 2.57. The largest absolute Gasteiger partial charge is 0.387 e. The van der Waals surface area contributed by atoms with Crippen LogP contribution < -0.4 is 0 Å². The fourth-order valence-electron chi connectivity index (χ4n) is 1.97. The number of carbonyl (C=O) groups excluding carboxylic acids is 2. The molecule has 10 nitrogen and oxygen atoms in total. The molecule has 1 aliphatic rings. The zero-order chi connectivity index (χ0) is 17.4. The maximum absolute atomic E-state index is 10.9. The second kappa shape index (κ2) is 10.0. The predicted octanol–water partition coefficient (Wildman–Crippen LogP) is -2.79. The van der Waals surface area contributed by atoms with Crippen LogP contribution in [0.1, 0.15) is 0 Å². The van der Waals surface area contributed by atoms with Crippen LogP contribution in [0.15, 0.2) is 0 Å². The van der Waals surface area contributed by atoms with Crippen molar-refractivity contribution in [1.29, 1.82) is 0 Å². The number of aliphatic hydroxyl groups is 3. The minimum absolute atomic E-state index is 0.0324. The SMILES string of the molecule is COCC1OC(OCC(C=O)OC(C=O)OC)C(O)C(O)C1O. The third kappa shape index (κ3) is 5.55. The van der Waals surface area contributed by atoms with Crippen LogP contribution in [-0.4, -0.2) is 98.4 Å². The summed E-state index contributed by atoms with van der Waals surface area (Å²) in [5, 5.41) is 29.4. The van der Waals surface area contributed by atoms with E-state index in [2.05, 4.69) is 4.74 Å². The van der Waals surface area contributed by atoms with Gasteiger partial charge in [0, 0.05) is 14.2 Å². The second-order valence-electron chi connectivity index (χ2n) is 4.85. The number of hydrogen-bond acceptors (Lipinski definition) is 10. The van der Waals surface area contributed by atoms with Gasteiger partial charge in [0.1, 0.15) is 30.5 Å². The topological polar surface area (TPSA) is 141 Å². The summed E-state index contributed by atoms with van der Waals surface area (Å²) in [4.78, 5) is 21.5. The summed E-state index contributed by atoms with van der Waals surface area (Å²) >= 11 is 0. The lowest BCUT2D eigenvalue weighted by Crippen LogP contribution is -2.59. The number of ether oxygens (including phenoxy) is 5. The molecule has 0 aromatic rings. The highest BCUT2D eigenvalue weighted by Crippen LogP contribution is 2.22. The molecule has 1 heterocycles. The first kappa shape index (κ1) is 20.1. The lowest BCUT2D eigenvalue weighted by molar-refractivity contribution is -0.306. The van der Waals surface area contributed by atoms with Gasteiger partial charge in [-0.2, -0.15) is 0 Å². The van der Waals surface area contributed by atoms with Crippen LogP contribution in [0.2, 0.25) is 0 Å². The van der Waals surface area contributed by atoms with Gasteiger partial charge < -0.3 is 43.8 Å². The first-order valence-electron chi connectivity index (χ1n) is 6.87. The highest BCUT2D eigenvalue weighted by Gasteiger charge is 2.44. The molecule has 23 heavy (non-hydrogen) atoms. The van der Waals surface area contributed by atoms with E-state index in [1.54, 1.807) is 0 Å². The van der Waals surface area contributed by atoms with E-state index in [1.807, 2.05) is 0 Å². The molecule has 0 aromatic carbocycles. The van der Waals surface area contributed by atoms with E-state index in [4.69, 9.17) is 18.9 Å². The van der Waals surface area contributed by atoms with E-state index >= 15 is 0 Å². The maximum Gasteiger partial charge on any atom is 0.215 e. The van der Waals surface area contributed by atoms with E-state index in [9.17, 15) is 24.9 Å². The number of hydrogen-bond donors (Lipinski definition) is 3. The van der Waals surface area contributed by atoms with Crippen molar-refractivity contribution in [2.45, 2.75) is 43.1 Å². The Labute approximate surface area is 132 Å². The smallest absolute Gasteiger partial charge is 0.215 e. The van der Waals surface area contributed by atoms with Crippen LogP contribution in [0.5, 0.6) is 0 Å². The summed E-state index contributed by atoms with van der Waals surface area (Å²) < 4.78 is 25.0. The van der Waals surface area contributed by atoms with Crippen molar-refractivity contribution in [3.63, 3.8) is 0 Å². The van der Waals surface area contributed by atoms with E-state index in [-0.39, 0.29) is 13.2 Å².